The van der Waals surface area contributed by atoms with Crippen LogP contribution in [0.1, 0.15) is 32.6 Å². The number of rotatable bonds is 4. The van der Waals surface area contributed by atoms with Gasteiger partial charge in [0.2, 0.25) is 0 Å². The summed E-state index contributed by atoms with van der Waals surface area (Å²) in [6, 6.07) is 3.74. The Kier molecular flexibility index (Phi) is 4.56. The standard InChI is InChI=1S/C14H20N4O/c1-12-4-8-17(9-5-12)13-10-14(19)18(16-11-13)7-3-2-6-15/h10-12H,2-5,7-9H2,1H3. The van der Waals surface area contributed by atoms with Crippen molar-refractivity contribution in [2.45, 2.75) is 39.2 Å². The van der Waals surface area contributed by atoms with Crippen LogP contribution in [-0.4, -0.2) is 22.9 Å². The van der Waals surface area contributed by atoms with Gasteiger partial charge in [-0.1, -0.05) is 6.92 Å². The zero-order valence-corrected chi connectivity index (χ0v) is 11.4. The normalized spacial score (nSPS) is 16.3. The van der Waals surface area contributed by atoms with E-state index < -0.39 is 0 Å². The van der Waals surface area contributed by atoms with Crippen molar-refractivity contribution in [2.75, 3.05) is 18.0 Å². The number of anilines is 1. The highest BCUT2D eigenvalue weighted by Crippen LogP contribution is 2.20. The van der Waals surface area contributed by atoms with Crippen molar-refractivity contribution in [1.82, 2.24) is 9.78 Å². The first-order valence-electron chi connectivity index (χ1n) is 6.90. The number of nitriles is 1. The van der Waals surface area contributed by atoms with Crippen LogP contribution in [-0.2, 0) is 6.54 Å². The Morgan fingerprint density at radius 2 is 2.21 bits per heavy atom. The Morgan fingerprint density at radius 1 is 1.47 bits per heavy atom. The quantitative estimate of drug-likeness (QED) is 0.774. The number of unbranched alkanes of at least 4 members (excludes halogenated alkanes) is 1. The highest BCUT2D eigenvalue weighted by molar-refractivity contribution is 5.43. The lowest BCUT2D eigenvalue weighted by atomic mass is 9.99. The number of aryl methyl sites for hydroxylation is 1. The fourth-order valence-corrected chi connectivity index (χ4v) is 2.34. The third kappa shape index (κ3) is 3.57. The molecule has 0 amide bonds. The van der Waals surface area contributed by atoms with Crippen molar-refractivity contribution in [3.63, 3.8) is 0 Å². The Balaban J connectivity index is 2.02. The third-order valence-corrected chi connectivity index (χ3v) is 3.66. The highest BCUT2D eigenvalue weighted by atomic mass is 16.1. The molecule has 0 saturated carbocycles. The summed E-state index contributed by atoms with van der Waals surface area (Å²) in [5.74, 6) is 0.774. The Bertz CT molecular complexity index is 509. The van der Waals surface area contributed by atoms with E-state index in [4.69, 9.17) is 5.26 Å². The summed E-state index contributed by atoms with van der Waals surface area (Å²) in [4.78, 5) is 14.2. The summed E-state index contributed by atoms with van der Waals surface area (Å²) in [5.41, 5.74) is 0.850. The average Bonchev–Trinajstić information content (AvgIpc) is 2.42. The summed E-state index contributed by atoms with van der Waals surface area (Å²) in [7, 11) is 0. The maximum Gasteiger partial charge on any atom is 0.268 e. The van der Waals surface area contributed by atoms with Gasteiger partial charge in [-0.2, -0.15) is 10.4 Å². The summed E-state index contributed by atoms with van der Waals surface area (Å²) in [6.45, 7) is 4.79. The van der Waals surface area contributed by atoms with Gasteiger partial charge in [-0.05, 0) is 25.2 Å². The van der Waals surface area contributed by atoms with Gasteiger partial charge in [0, 0.05) is 32.1 Å². The topological polar surface area (TPSA) is 61.9 Å². The zero-order valence-electron chi connectivity index (χ0n) is 11.4. The van der Waals surface area contributed by atoms with E-state index in [9.17, 15) is 4.79 Å². The number of nitrogens with zero attached hydrogens (tertiary/aromatic N) is 4. The van der Waals surface area contributed by atoms with Crippen LogP contribution in [0, 0.1) is 17.2 Å². The molecule has 0 radical (unpaired) electrons. The van der Waals surface area contributed by atoms with E-state index >= 15 is 0 Å². The molecule has 5 heteroatoms. The lowest BCUT2D eigenvalue weighted by molar-refractivity contribution is 0.437. The second-order valence-electron chi connectivity index (χ2n) is 5.21. The average molecular weight is 260 g/mol. The van der Waals surface area contributed by atoms with Crippen LogP contribution in [0.25, 0.3) is 0 Å². The fraction of sp³-hybridized carbons (Fsp3) is 0.643. The molecule has 0 aliphatic carbocycles. The second kappa shape index (κ2) is 6.37. The van der Waals surface area contributed by atoms with E-state index in [0.717, 1.165) is 24.7 Å². The van der Waals surface area contributed by atoms with Gasteiger partial charge in [-0.15, -0.1) is 0 Å². The van der Waals surface area contributed by atoms with Crippen LogP contribution in [0.5, 0.6) is 0 Å². The van der Waals surface area contributed by atoms with Crippen molar-refractivity contribution in [3.05, 3.63) is 22.6 Å². The summed E-state index contributed by atoms with van der Waals surface area (Å²) >= 11 is 0. The van der Waals surface area contributed by atoms with Gasteiger partial charge in [0.15, 0.2) is 0 Å². The second-order valence-corrected chi connectivity index (χ2v) is 5.21. The molecule has 0 spiro atoms. The molecule has 1 aromatic rings. The molecule has 1 aliphatic rings. The molecule has 5 nitrogen and oxygen atoms in total. The van der Waals surface area contributed by atoms with Gasteiger partial charge in [0.1, 0.15) is 0 Å². The zero-order chi connectivity index (χ0) is 13.7. The van der Waals surface area contributed by atoms with Gasteiger partial charge in [-0.25, -0.2) is 4.68 Å². The molecule has 0 atom stereocenters. The lowest BCUT2D eigenvalue weighted by Gasteiger charge is -2.31. The van der Waals surface area contributed by atoms with E-state index in [-0.39, 0.29) is 5.56 Å². The molecular weight excluding hydrogens is 240 g/mol. The first-order chi connectivity index (χ1) is 9.20. The predicted octanol–water partition coefficient (Wildman–Crippen LogP) is 1.78. The van der Waals surface area contributed by atoms with Crippen LogP contribution in [0.2, 0.25) is 0 Å². The molecule has 102 valence electrons. The molecule has 1 saturated heterocycles. The Hall–Kier alpha value is -1.83. The van der Waals surface area contributed by atoms with E-state index in [1.807, 2.05) is 0 Å². The highest BCUT2D eigenvalue weighted by Gasteiger charge is 2.16. The fourth-order valence-electron chi connectivity index (χ4n) is 2.34. The first-order valence-corrected chi connectivity index (χ1v) is 6.90. The SMILES string of the molecule is CC1CCN(c2cnn(CCCC#N)c(=O)c2)CC1. The molecule has 0 N–H and O–H groups in total. The van der Waals surface area contributed by atoms with Crippen molar-refractivity contribution in [2.24, 2.45) is 5.92 Å². The maximum atomic E-state index is 11.9. The first kappa shape index (κ1) is 13.6. The minimum absolute atomic E-state index is 0.0749. The van der Waals surface area contributed by atoms with Crippen molar-refractivity contribution in [3.8, 4) is 6.07 Å². The number of aromatic nitrogens is 2. The summed E-state index contributed by atoms with van der Waals surface area (Å²) in [5, 5.41) is 12.7. The van der Waals surface area contributed by atoms with Crippen molar-refractivity contribution >= 4 is 5.69 Å². The van der Waals surface area contributed by atoms with E-state index in [1.165, 1.54) is 17.5 Å². The number of piperidine rings is 1. The maximum absolute atomic E-state index is 11.9. The smallest absolute Gasteiger partial charge is 0.268 e. The van der Waals surface area contributed by atoms with Crippen LogP contribution in [0.15, 0.2) is 17.1 Å². The Morgan fingerprint density at radius 3 is 2.84 bits per heavy atom. The van der Waals surface area contributed by atoms with Gasteiger partial charge in [0.05, 0.1) is 18.0 Å². The molecule has 0 aromatic carbocycles. The summed E-state index contributed by atoms with van der Waals surface area (Å²) < 4.78 is 1.44. The van der Waals surface area contributed by atoms with E-state index in [2.05, 4.69) is 23.0 Å². The predicted molar refractivity (Wildman–Crippen MR) is 74.0 cm³/mol. The van der Waals surface area contributed by atoms with Crippen molar-refractivity contribution in [1.29, 1.82) is 5.26 Å². The minimum atomic E-state index is -0.0749. The Labute approximate surface area is 113 Å². The van der Waals surface area contributed by atoms with Gasteiger partial charge < -0.3 is 4.90 Å². The number of hydrogen-bond acceptors (Lipinski definition) is 4. The molecule has 1 aromatic heterocycles. The largest absolute Gasteiger partial charge is 0.370 e. The van der Waals surface area contributed by atoms with Crippen LogP contribution >= 0.6 is 0 Å². The molecule has 1 fully saturated rings. The molecule has 0 bridgehead atoms. The van der Waals surface area contributed by atoms with E-state index in [1.54, 1.807) is 12.3 Å². The molecule has 0 unspecified atom stereocenters. The lowest BCUT2D eigenvalue weighted by Crippen LogP contribution is -2.34. The van der Waals surface area contributed by atoms with Crippen LogP contribution < -0.4 is 10.5 Å². The third-order valence-electron chi connectivity index (χ3n) is 3.66. The van der Waals surface area contributed by atoms with Crippen LogP contribution in [0.4, 0.5) is 5.69 Å². The van der Waals surface area contributed by atoms with Gasteiger partial charge >= 0.3 is 0 Å². The molecule has 2 heterocycles. The molecule has 1 aliphatic heterocycles. The monoisotopic (exact) mass is 260 g/mol. The van der Waals surface area contributed by atoms with Crippen LogP contribution in [0.3, 0.4) is 0 Å². The molecular formula is C14H20N4O. The molecule has 19 heavy (non-hydrogen) atoms. The van der Waals surface area contributed by atoms with Crippen molar-refractivity contribution < 1.29 is 0 Å². The van der Waals surface area contributed by atoms with Gasteiger partial charge in [-0.3, -0.25) is 4.79 Å². The molecule has 2 rings (SSSR count). The minimum Gasteiger partial charge on any atom is -0.370 e. The van der Waals surface area contributed by atoms with E-state index in [0.29, 0.717) is 19.4 Å². The summed E-state index contributed by atoms with van der Waals surface area (Å²) in [6.07, 6.45) is 5.24. The number of hydrogen-bond donors (Lipinski definition) is 0. The van der Waals surface area contributed by atoms with Gasteiger partial charge in [0.25, 0.3) is 5.56 Å².